The van der Waals surface area contributed by atoms with Gasteiger partial charge in [-0.05, 0) is 18.8 Å². The van der Waals surface area contributed by atoms with Crippen LogP contribution >= 0.6 is 0 Å². The zero-order valence-electron chi connectivity index (χ0n) is 10.4. The Balaban J connectivity index is 2.97. The number of benzene rings is 1. The van der Waals surface area contributed by atoms with Crippen LogP contribution in [0.3, 0.4) is 0 Å². The minimum absolute atomic E-state index is 0.247. The molecule has 16 heavy (non-hydrogen) atoms. The molecule has 1 rings (SSSR count). The van der Waals surface area contributed by atoms with Gasteiger partial charge in [0, 0.05) is 17.7 Å². The fourth-order valence-corrected chi connectivity index (χ4v) is 1.59. The molecule has 0 unspecified atom stereocenters. The molecule has 3 heteroatoms. The molecule has 0 aliphatic heterocycles. The molecular formula is C13H20O3. The summed E-state index contributed by atoms with van der Waals surface area (Å²) >= 11 is 0. The van der Waals surface area contributed by atoms with Gasteiger partial charge in [-0.3, -0.25) is 0 Å². The molecule has 1 N–H and O–H groups in total. The van der Waals surface area contributed by atoms with Crippen LogP contribution < -0.4 is 9.47 Å². The van der Waals surface area contributed by atoms with E-state index in [2.05, 4.69) is 13.8 Å². The lowest BCUT2D eigenvalue weighted by molar-refractivity contribution is 0.377. The standard InChI is InChI=1S/C13H20O3/c1-9(2)5-6-11-12(14)7-10(15-3)8-13(11)16-4/h7-9,14H,5-6H2,1-4H3. The third kappa shape index (κ3) is 3.05. The Bertz CT molecular complexity index is 345. The first-order chi connectivity index (χ1) is 7.58. The lowest BCUT2D eigenvalue weighted by Crippen LogP contribution is -1.97. The number of phenols is 1. The van der Waals surface area contributed by atoms with E-state index < -0.39 is 0 Å². The van der Waals surface area contributed by atoms with E-state index in [1.807, 2.05) is 0 Å². The molecule has 0 aliphatic rings. The van der Waals surface area contributed by atoms with Crippen molar-refractivity contribution < 1.29 is 14.6 Å². The van der Waals surface area contributed by atoms with Gasteiger partial charge in [-0.1, -0.05) is 13.8 Å². The van der Waals surface area contributed by atoms with Crippen LogP contribution in [0.1, 0.15) is 25.8 Å². The molecule has 0 radical (unpaired) electrons. The monoisotopic (exact) mass is 224 g/mol. The van der Waals surface area contributed by atoms with E-state index in [4.69, 9.17) is 9.47 Å². The van der Waals surface area contributed by atoms with Crippen LogP contribution in [0.5, 0.6) is 17.2 Å². The Labute approximate surface area is 97.0 Å². The van der Waals surface area contributed by atoms with Gasteiger partial charge < -0.3 is 14.6 Å². The maximum atomic E-state index is 9.89. The second-order valence-electron chi connectivity index (χ2n) is 4.26. The Morgan fingerprint density at radius 2 is 1.88 bits per heavy atom. The first-order valence-corrected chi connectivity index (χ1v) is 5.52. The van der Waals surface area contributed by atoms with Crippen LogP contribution in [0.15, 0.2) is 12.1 Å². The van der Waals surface area contributed by atoms with E-state index in [1.165, 1.54) is 0 Å². The average Bonchev–Trinajstić information content (AvgIpc) is 2.26. The van der Waals surface area contributed by atoms with Crippen molar-refractivity contribution in [2.24, 2.45) is 5.92 Å². The molecule has 0 aliphatic carbocycles. The molecule has 0 spiro atoms. The smallest absolute Gasteiger partial charge is 0.129 e. The van der Waals surface area contributed by atoms with E-state index in [0.29, 0.717) is 17.4 Å². The Morgan fingerprint density at radius 1 is 1.19 bits per heavy atom. The van der Waals surface area contributed by atoms with E-state index >= 15 is 0 Å². The number of hydrogen-bond acceptors (Lipinski definition) is 3. The summed E-state index contributed by atoms with van der Waals surface area (Å²) in [5.74, 6) is 2.16. The largest absolute Gasteiger partial charge is 0.507 e. The molecule has 0 fully saturated rings. The summed E-state index contributed by atoms with van der Waals surface area (Å²) in [4.78, 5) is 0. The highest BCUT2D eigenvalue weighted by molar-refractivity contribution is 5.50. The number of ether oxygens (including phenoxy) is 2. The van der Waals surface area contributed by atoms with Crippen molar-refractivity contribution in [2.45, 2.75) is 26.7 Å². The van der Waals surface area contributed by atoms with Crippen molar-refractivity contribution >= 4 is 0 Å². The summed E-state index contributed by atoms with van der Waals surface area (Å²) in [6.45, 7) is 4.32. The number of aromatic hydroxyl groups is 1. The summed E-state index contributed by atoms with van der Waals surface area (Å²) in [6, 6.07) is 3.42. The highest BCUT2D eigenvalue weighted by Crippen LogP contribution is 2.34. The minimum atomic E-state index is 0.247. The van der Waals surface area contributed by atoms with Gasteiger partial charge in [-0.2, -0.15) is 0 Å². The van der Waals surface area contributed by atoms with Crippen LogP contribution in [0, 0.1) is 5.92 Å². The van der Waals surface area contributed by atoms with Crippen molar-refractivity contribution in [3.8, 4) is 17.2 Å². The lowest BCUT2D eigenvalue weighted by atomic mass is 10.0. The van der Waals surface area contributed by atoms with Gasteiger partial charge in [0.1, 0.15) is 17.2 Å². The number of rotatable bonds is 5. The summed E-state index contributed by atoms with van der Waals surface area (Å²) in [5, 5.41) is 9.89. The van der Waals surface area contributed by atoms with Gasteiger partial charge in [0.25, 0.3) is 0 Å². The predicted octanol–water partition coefficient (Wildman–Crippen LogP) is 3.00. The molecule has 0 heterocycles. The molecule has 0 bridgehead atoms. The summed E-state index contributed by atoms with van der Waals surface area (Å²) in [6.07, 6.45) is 1.84. The third-order valence-corrected chi connectivity index (χ3v) is 2.59. The number of methoxy groups -OCH3 is 2. The Kier molecular flexibility index (Phi) is 4.47. The van der Waals surface area contributed by atoms with Crippen LogP contribution in [0.25, 0.3) is 0 Å². The molecule has 1 aromatic rings. The molecular weight excluding hydrogens is 204 g/mol. The van der Waals surface area contributed by atoms with Crippen LogP contribution in [0.2, 0.25) is 0 Å². The summed E-state index contributed by atoms with van der Waals surface area (Å²) in [7, 11) is 3.18. The normalized spacial score (nSPS) is 10.6. The quantitative estimate of drug-likeness (QED) is 0.835. The maximum Gasteiger partial charge on any atom is 0.129 e. The Morgan fingerprint density at radius 3 is 2.38 bits per heavy atom. The highest BCUT2D eigenvalue weighted by atomic mass is 16.5. The second kappa shape index (κ2) is 5.64. The molecule has 0 saturated carbocycles. The maximum absolute atomic E-state index is 9.89. The van der Waals surface area contributed by atoms with Crippen molar-refractivity contribution in [1.82, 2.24) is 0 Å². The van der Waals surface area contributed by atoms with Gasteiger partial charge in [0.05, 0.1) is 14.2 Å². The van der Waals surface area contributed by atoms with Crippen molar-refractivity contribution in [2.75, 3.05) is 14.2 Å². The zero-order valence-corrected chi connectivity index (χ0v) is 10.4. The van der Waals surface area contributed by atoms with Crippen molar-refractivity contribution in [3.63, 3.8) is 0 Å². The molecule has 90 valence electrons. The van der Waals surface area contributed by atoms with Crippen LogP contribution in [-0.4, -0.2) is 19.3 Å². The lowest BCUT2D eigenvalue weighted by Gasteiger charge is -2.13. The molecule has 1 aromatic carbocycles. The molecule has 0 aromatic heterocycles. The first kappa shape index (κ1) is 12.7. The molecule has 0 saturated heterocycles. The highest BCUT2D eigenvalue weighted by Gasteiger charge is 2.12. The summed E-state index contributed by atoms with van der Waals surface area (Å²) < 4.78 is 10.3. The number of hydrogen-bond donors (Lipinski definition) is 1. The predicted molar refractivity (Wildman–Crippen MR) is 64.4 cm³/mol. The van der Waals surface area contributed by atoms with Crippen molar-refractivity contribution in [3.05, 3.63) is 17.7 Å². The van der Waals surface area contributed by atoms with Crippen LogP contribution in [-0.2, 0) is 6.42 Å². The topological polar surface area (TPSA) is 38.7 Å². The Hall–Kier alpha value is -1.38. The molecule has 3 nitrogen and oxygen atoms in total. The van der Waals surface area contributed by atoms with Gasteiger partial charge in [0.2, 0.25) is 0 Å². The van der Waals surface area contributed by atoms with E-state index in [9.17, 15) is 5.11 Å². The van der Waals surface area contributed by atoms with E-state index in [-0.39, 0.29) is 5.75 Å². The average molecular weight is 224 g/mol. The van der Waals surface area contributed by atoms with E-state index in [0.717, 1.165) is 18.4 Å². The second-order valence-corrected chi connectivity index (χ2v) is 4.26. The number of phenolic OH excluding ortho intramolecular Hbond substituents is 1. The first-order valence-electron chi connectivity index (χ1n) is 5.52. The van der Waals surface area contributed by atoms with Gasteiger partial charge in [-0.25, -0.2) is 0 Å². The van der Waals surface area contributed by atoms with Gasteiger partial charge in [-0.15, -0.1) is 0 Å². The summed E-state index contributed by atoms with van der Waals surface area (Å²) in [5.41, 5.74) is 0.858. The van der Waals surface area contributed by atoms with E-state index in [1.54, 1.807) is 26.4 Å². The van der Waals surface area contributed by atoms with Gasteiger partial charge >= 0.3 is 0 Å². The zero-order chi connectivity index (χ0) is 12.1. The molecule has 0 atom stereocenters. The minimum Gasteiger partial charge on any atom is -0.507 e. The molecule has 0 amide bonds. The van der Waals surface area contributed by atoms with Gasteiger partial charge in [0.15, 0.2) is 0 Å². The third-order valence-electron chi connectivity index (χ3n) is 2.59. The SMILES string of the molecule is COc1cc(O)c(CCC(C)C)c(OC)c1. The fraction of sp³-hybridized carbons (Fsp3) is 0.538. The fourth-order valence-electron chi connectivity index (χ4n) is 1.59. The van der Waals surface area contributed by atoms with Crippen molar-refractivity contribution in [1.29, 1.82) is 0 Å². The van der Waals surface area contributed by atoms with Crippen LogP contribution in [0.4, 0.5) is 0 Å².